The second-order valence-electron chi connectivity index (χ2n) is 9.20. The molecule has 2 N–H and O–H groups in total. The van der Waals surface area contributed by atoms with Crippen LogP contribution in [0.2, 0.25) is 0 Å². The number of hydrogen-bond acceptors (Lipinski definition) is 8. The molecule has 1 saturated heterocycles. The molecule has 0 spiro atoms. The standard InChI is InChI=1S/C23H40N2O6/c1-15-22(30-17(3)27)13-25(12-10-20-7-5-19(6-8-20)9-11-24)21(14-29-16(2)26)23(15)31-18(4)28/h15,19-23H,5-14,24H2,1-4H3/t15-,19?,20?,21-,22+,23+/m1/s1. The predicted molar refractivity (Wildman–Crippen MR) is 116 cm³/mol. The van der Waals surface area contributed by atoms with Gasteiger partial charge in [0, 0.05) is 33.2 Å². The van der Waals surface area contributed by atoms with E-state index in [0.717, 1.165) is 31.8 Å². The van der Waals surface area contributed by atoms with E-state index in [1.165, 1.54) is 46.5 Å². The van der Waals surface area contributed by atoms with Crippen molar-refractivity contribution in [3.63, 3.8) is 0 Å². The Morgan fingerprint density at radius 2 is 1.48 bits per heavy atom. The molecule has 2 rings (SSSR count). The fourth-order valence-corrected chi connectivity index (χ4v) is 5.09. The molecule has 0 bridgehead atoms. The third-order valence-electron chi connectivity index (χ3n) is 6.81. The fraction of sp³-hybridized carbons (Fsp3) is 0.870. The molecule has 1 heterocycles. The first-order valence-electron chi connectivity index (χ1n) is 11.6. The van der Waals surface area contributed by atoms with Crippen molar-refractivity contribution in [3.8, 4) is 0 Å². The summed E-state index contributed by atoms with van der Waals surface area (Å²) in [6.45, 7) is 8.27. The maximum atomic E-state index is 11.8. The van der Waals surface area contributed by atoms with Gasteiger partial charge in [-0.15, -0.1) is 0 Å². The van der Waals surface area contributed by atoms with Crippen LogP contribution in [0.15, 0.2) is 0 Å². The summed E-state index contributed by atoms with van der Waals surface area (Å²) in [4.78, 5) is 37.1. The molecule has 0 unspecified atom stereocenters. The van der Waals surface area contributed by atoms with Crippen molar-refractivity contribution in [2.24, 2.45) is 23.5 Å². The Balaban J connectivity index is 2.09. The van der Waals surface area contributed by atoms with Gasteiger partial charge < -0.3 is 19.9 Å². The van der Waals surface area contributed by atoms with E-state index in [1.54, 1.807) is 0 Å². The summed E-state index contributed by atoms with van der Waals surface area (Å²) in [5.41, 5.74) is 5.71. The minimum atomic E-state index is -0.518. The summed E-state index contributed by atoms with van der Waals surface area (Å²) in [7, 11) is 0. The summed E-state index contributed by atoms with van der Waals surface area (Å²) in [6, 6.07) is -0.261. The monoisotopic (exact) mass is 440 g/mol. The van der Waals surface area contributed by atoms with Crippen molar-refractivity contribution < 1.29 is 28.6 Å². The van der Waals surface area contributed by atoms with Crippen LogP contribution in [0.5, 0.6) is 0 Å². The topological polar surface area (TPSA) is 108 Å². The molecule has 2 aliphatic rings. The maximum Gasteiger partial charge on any atom is 0.302 e. The average Bonchev–Trinajstić information content (AvgIpc) is 2.69. The van der Waals surface area contributed by atoms with E-state index in [0.29, 0.717) is 12.5 Å². The highest BCUT2D eigenvalue weighted by molar-refractivity contribution is 5.67. The SMILES string of the molecule is CC(=O)OC[C@@H]1[C@@H](OC(C)=O)[C@H](C)[C@@H](OC(C)=O)CN1CCC1CCC(CCN)CC1. The molecule has 4 atom stereocenters. The third kappa shape index (κ3) is 8.07. The molecule has 0 radical (unpaired) electrons. The molecule has 0 aromatic heterocycles. The van der Waals surface area contributed by atoms with E-state index >= 15 is 0 Å². The van der Waals surface area contributed by atoms with Gasteiger partial charge in [-0.1, -0.05) is 32.6 Å². The number of likely N-dealkylation sites (tertiary alicyclic amines) is 1. The number of hydrogen-bond donors (Lipinski definition) is 1. The molecule has 0 aromatic carbocycles. The molecule has 178 valence electrons. The van der Waals surface area contributed by atoms with E-state index < -0.39 is 12.1 Å². The Morgan fingerprint density at radius 3 is 2.00 bits per heavy atom. The summed E-state index contributed by atoms with van der Waals surface area (Å²) in [5.74, 6) is 0.0739. The average molecular weight is 441 g/mol. The second kappa shape index (κ2) is 12.4. The first kappa shape index (κ1) is 25.6. The lowest BCUT2D eigenvalue weighted by Crippen LogP contribution is -2.61. The molecule has 2 fully saturated rings. The number of esters is 3. The third-order valence-corrected chi connectivity index (χ3v) is 6.81. The quantitative estimate of drug-likeness (QED) is 0.430. The van der Waals surface area contributed by atoms with E-state index in [1.807, 2.05) is 6.92 Å². The van der Waals surface area contributed by atoms with E-state index in [2.05, 4.69) is 4.90 Å². The van der Waals surface area contributed by atoms with Crippen molar-refractivity contribution in [3.05, 3.63) is 0 Å². The summed E-state index contributed by atoms with van der Waals surface area (Å²) >= 11 is 0. The molecule has 8 nitrogen and oxygen atoms in total. The van der Waals surface area contributed by atoms with Gasteiger partial charge in [-0.2, -0.15) is 0 Å². The summed E-state index contributed by atoms with van der Waals surface area (Å²) in [5, 5.41) is 0. The van der Waals surface area contributed by atoms with E-state index in [4.69, 9.17) is 19.9 Å². The van der Waals surface area contributed by atoms with Crippen LogP contribution < -0.4 is 5.73 Å². The largest absolute Gasteiger partial charge is 0.464 e. The molecule has 0 amide bonds. The number of ether oxygens (including phenoxy) is 3. The van der Waals surface area contributed by atoms with Crippen molar-refractivity contribution in [2.45, 2.75) is 84.5 Å². The van der Waals surface area contributed by atoms with Crippen molar-refractivity contribution in [1.29, 1.82) is 0 Å². The highest BCUT2D eigenvalue weighted by atomic mass is 16.6. The van der Waals surface area contributed by atoms with Gasteiger partial charge >= 0.3 is 17.9 Å². The minimum absolute atomic E-state index is 0.146. The van der Waals surface area contributed by atoms with Gasteiger partial charge in [-0.3, -0.25) is 19.3 Å². The Bertz CT molecular complexity index is 605. The number of rotatable bonds is 9. The minimum Gasteiger partial charge on any atom is -0.464 e. The van der Waals surface area contributed by atoms with Crippen molar-refractivity contribution in [1.82, 2.24) is 4.90 Å². The Kier molecular flexibility index (Phi) is 10.2. The van der Waals surface area contributed by atoms with Crippen LogP contribution >= 0.6 is 0 Å². The zero-order chi connectivity index (χ0) is 23.0. The molecule has 8 heteroatoms. The highest BCUT2D eigenvalue weighted by Crippen LogP contribution is 2.34. The zero-order valence-corrected chi connectivity index (χ0v) is 19.5. The van der Waals surface area contributed by atoms with Gasteiger partial charge in [0.2, 0.25) is 0 Å². The van der Waals surface area contributed by atoms with Crippen molar-refractivity contribution in [2.75, 3.05) is 26.2 Å². The van der Waals surface area contributed by atoms with Crippen LogP contribution in [0.25, 0.3) is 0 Å². The molecule has 1 aliphatic carbocycles. The van der Waals surface area contributed by atoms with Gasteiger partial charge in [-0.05, 0) is 37.8 Å². The van der Waals surface area contributed by atoms with Crippen LogP contribution in [-0.2, 0) is 28.6 Å². The van der Waals surface area contributed by atoms with Crippen LogP contribution in [-0.4, -0.2) is 67.3 Å². The lowest BCUT2D eigenvalue weighted by Gasteiger charge is -2.47. The smallest absolute Gasteiger partial charge is 0.302 e. The number of carbonyl (C=O) groups excluding carboxylic acids is 3. The van der Waals surface area contributed by atoms with Gasteiger partial charge in [-0.25, -0.2) is 0 Å². The van der Waals surface area contributed by atoms with Crippen LogP contribution in [0.1, 0.15) is 66.2 Å². The first-order valence-corrected chi connectivity index (χ1v) is 11.6. The fourth-order valence-electron chi connectivity index (χ4n) is 5.09. The number of nitrogens with zero attached hydrogens (tertiary/aromatic N) is 1. The van der Waals surface area contributed by atoms with E-state index in [9.17, 15) is 14.4 Å². The maximum absolute atomic E-state index is 11.8. The normalized spacial score (nSPS) is 31.6. The van der Waals surface area contributed by atoms with Crippen molar-refractivity contribution >= 4 is 17.9 Å². The molecular formula is C23H40N2O6. The van der Waals surface area contributed by atoms with Crippen LogP contribution in [0.3, 0.4) is 0 Å². The highest BCUT2D eigenvalue weighted by Gasteiger charge is 2.45. The number of carbonyl (C=O) groups is 3. The van der Waals surface area contributed by atoms with Crippen LogP contribution in [0, 0.1) is 17.8 Å². The molecule has 1 aliphatic heterocycles. The molecule has 1 saturated carbocycles. The first-order chi connectivity index (χ1) is 14.7. The van der Waals surface area contributed by atoms with Gasteiger partial charge in [0.05, 0.1) is 6.04 Å². The molecule has 0 aromatic rings. The molecule has 31 heavy (non-hydrogen) atoms. The number of nitrogens with two attached hydrogens (primary N) is 1. The van der Waals surface area contributed by atoms with Gasteiger partial charge in [0.15, 0.2) is 0 Å². The summed E-state index contributed by atoms with van der Waals surface area (Å²) < 4.78 is 16.5. The predicted octanol–water partition coefficient (Wildman–Crippen LogP) is 2.28. The van der Waals surface area contributed by atoms with Gasteiger partial charge in [0.25, 0.3) is 0 Å². The Morgan fingerprint density at radius 1 is 0.903 bits per heavy atom. The molecular weight excluding hydrogens is 400 g/mol. The number of piperidine rings is 1. The second-order valence-corrected chi connectivity index (χ2v) is 9.20. The van der Waals surface area contributed by atoms with Crippen LogP contribution in [0.4, 0.5) is 0 Å². The lowest BCUT2D eigenvalue weighted by molar-refractivity contribution is -0.180. The van der Waals surface area contributed by atoms with E-state index in [-0.39, 0.29) is 36.6 Å². The Labute approximate surface area is 186 Å². The summed E-state index contributed by atoms with van der Waals surface area (Å²) in [6.07, 6.45) is 6.07. The zero-order valence-electron chi connectivity index (χ0n) is 19.5. The lowest BCUT2D eigenvalue weighted by atomic mass is 9.79. The Hall–Kier alpha value is -1.67. The van der Waals surface area contributed by atoms with Gasteiger partial charge in [0.1, 0.15) is 18.8 Å².